The van der Waals surface area contributed by atoms with Crippen LogP contribution in [0.2, 0.25) is 0 Å². The molecule has 0 saturated carbocycles. The van der Waals surface area contributed by atoms with Gasteiger partial charge in [-0.25, -0.2) is 0 Å². The van der Waals surface area contributed by atoms with Gasteiger partial charge in [0.15, 0.2) is 0 Å². The maximum Gasteiger partial charge on any atom is 3.00 e. The van der Waals surface area contributed by atoms with Crippen LogP contribution in [0.25, 0.3) is 66.1 Å². The van der Waals surface area contributed by atoms with Gasteiger partial charge in [-0.05, 0) is 50.4 Å². The van der Waals surface area contributed by atoms with Crippen molar-refractivity contribution in [2.75, 3.05) is 0 Å². The van der Waals surface area contributed by atoms with Crippen LogP contribution in [0, 0.1) is 39.2 Å². The molecule has 0 amide bonds. The van der Waals surface area contributed by atoms with E-state index in [1.54, 1.807) is 0 Å². The second-order valence-electron chi connectivity index (χ2n) is 12.5. The number of aryl methyl sites for hydroxylation is 3. The molecule has 47 heavy (non-hydrogen) atoms. The fourth-order valence-electron chi connectivity index (χ4n) is 6.55. The summed E-state index contributed by atoms with van der Waals surface area (Å²) in [6.45, 7) is 10.6. The van der Waals surface area contributed by atoms with E-state index in [0.717, 1.165) is 28.0 Å². The predicted molar refractivity (Wildman–Crippen MR) is 189 cm³/mol. The Bertz CT molecular complexity index is 2540. The fourth-order valence-corrected chi connectivity index (χ4v) is 6.55. The van der Waals surface area contributed by atoms with Crippen molar-refractivity contribution in [3.05, 3.63) is 144 Å². The van der Waals surface area contributed by atoms with Crippen LogP contribution < -0.4 is 4.57 Å². The Morgan fingerprint density at radius 1 is 0.723 bits per heavy atom. The van der Waals surface area contributed by atoms with Crippen molar-refractivity contribution in [1.29, 1.82) is 0 Å². The van der Waals surface area contributed by atoms with Crippen LogP contribution in [-0.2, 0) is 20.1 Å². The van der Waals surface area contributed by atoms with Crippen LogP contribution in [-0.4, -0.2) is 14.0 Å². The van der Waals surface area contributed by atoms with Crippen LogP contribution in [0.15, 0.2) is 109 Å². The van der Waals surface area contributed by atoms with Crippen molar-refractivity contribution in [2.45, 2.75) is 40.7 Å². The Morgan fingerprint density at radius 2 is 1.45 bits per heavy atom. The summed E-state index contributed by atoms with van der Waals surface area (Å²) in [5.74, 6) is 0. The largest absolute Gasteiger partial charge is 3.00 e. The van der Waals surface area contributed by atoms with E-state index in [2.05, 4.69) is 169 Å². The Labute approximate surface area is 288 Å². The van der Waals surface area contributed by atoms with Gasteiger partial charge < -0.3 is 18.5 Å². The van der Waals surface area contributed by atoms with E-state index in [9.17, 15) is 0 Å². The van der Waals surface area contributed by atoms with E-state index >= 15 is 0 Å². The van der Waals surface area contributed by atoms with E-state index < -0.39 is 0 Å². The molecule has 0 radical (unpaired) electrons. The molecule has 0 aliphatic carbocycles. The summed E-state index contributed by atoms with van der Waals surface area (Å²) >= 11 is 0. The summed E-state index contributed by atoms with van der Waals surface area (Å²) in [5.41, 5.74) is 12.7. The molecule has 5 aromatic carbocycles. The number of para-hydroxylation sites is 4. The molecule has 0 spiro atoms. The summed E-state index contributed by atoms with van der Waals surface area (Å²) in [6, 6.07) is 43.7. The molecule has 0 aliphatic rings. The zero-order valence-electron chi connectivity index (χ0n) is 27.1. The number of hydrogen-bond donors (Lipinski definition) is 0. The van der Waals surface area contributed by atoms with Crippen LogP contribution in [0.1, 0.15) is 36.6 Å². The third-order valence-corrected chi connectivity index (χ3v) is 9.08. The molecular weight excluding hydrogens is 753 g/mol. The number of hydrogen-bond acceptors (Lipinski definition) is 1. The first kappa shape index (κ1) is 30.8. The van der Waals surface area contributed by atoms with Crippen molar-refractivity contribution in [3.63, 3.8) is 0 Å². The first-order chi connectivity index (χ1) is 22.4. The summed E-state index contributed by atoms with van der Waals surface area (Å²) < 4.78 is 6.72. The molecule has 0 saturated heterocycles. The SMILES string of the molecule is CC(C)[n+]1[c-]n(-c2[c-]c3c(cc2)c2cccc4c5ccccc5n3c24)c2ccccc21.Cc1c[c-]c(-c2cc(C)c(C)cn2)cc1.[Ir+3]. The molecule has 9 aromatic rings. The van der Waals surface area contributed by atoms with E-state index in [4.69, 9.17) is 0 Å². The molecule has 0 N–H and O–H groups in total. The standard InChI is InChI=1S/C28H20N3.C14H14N.Ir/c1-18(2)29-17-30(26-13-6-5-12-25(26)29)19-14-15-21-23-10-7-9-22-20-8-3-4-11-24(20)31(28(22)23)27(21)16-19;1-10-4-6-13(7-5-10)14-8-11(2)12(3)9-15-14;/h3-15,18H,1-2H3;4-6,8-9H,1-3H3;/q2*-1;+3. The first-order valence-electron chi connectivity index (χ1n) is 15.8. The van der Waals surface area contributed by atoms with Gasteiger partial charge in [-0.3, -0.25) is 0 Å². The average molecular weight is 787 g/mol. The van der Waals surface area contributed by atoms with Crippen molar-refractivity contribution < 1.29 is 24.7 Å². The predicted octanol–water partition coefficient (Wildman–Crippen LogP) is 9.72. The second kappa shape index (κ2) is 12.1. The Balaban J connectivity index is 0.000000186. The molecule has 5 heteroatoms. The first-order valence-corrected chi connectivity index (χ1v) is 15.8. The number of aromatic nitrogens is 4. The van der Waals surface area contributed by atoms with Gasteiger partial charge in [0.1, 0.15) is 0 Å². The Hall–Kier alpha value is -4.83. The number of fused-ring (bicyclic) bond motifs is 7. The van der Waals surface area contributed by atoms with E-state index in [0.29, 0.717) is 6.04 Å². The van der Waals surface area contributed by atoms with E-state index in [1.807, 2.05) is 12.3 Å². The molecule has 4 heterocycles. The monoisotopic (exact) mass is 787 g/mol. The fraction of sp³-hybridized carbons (Fsp3) is 0.143. The summed E-state index contributed by atoms with van der Waals surface area (Å²) in [5, 5.41) is 5.11. The smallest absolute Gasteiger partial charge is 0.342 e. The molecule has 4 aromatic heterocycles. The third kappa shape index (κ3) is 5.11. The normalized spacial score (nSPS) is 11.5. The maximum atomic E-state index is 4.41. The minimum atomic E-state index is 0. The van der Waals surface area contributed by atoms with Gasteiger partial charge in [-0.1, -0.05) is 90.4 Å². The van der Waals surface area contributed by atoms with Crippen LogP contribution in [0.5, 0.6) is 0 Å². The molecule has 0 aliphatic heterocycles. The van der Waals surface area contributed by atoms with Gasteiger partial charge in [0.05, 0.1) is 22.6 Å². The van der Waals surface area contributed by atoms with Crippen molar-refractivity contribution in [3.8, 4) is 16.9 Å². The third-order valence-electron chi connectivity index (χ3n) is 9.08. The van der Waals surface area contributed by atoms with Crippen molar-refractivity contribution in [2.24, 2.45) is 0 Å². The van der Waals surface area contributed by atoms with Gasteiger partial charge >= 0.3 is 20.1 Å². The quantitative estimate of drug-likeness (QED) is 0.130. The minimum absolute atomic E-state index is 0. The molecule has 0 fully saturated rings. The number of pyridine rings is 1. The second-order valence-corrected chi connectivity index (χ2v) is 12.5. The number of nitrogens with zero attached hydrogens (tertiary/aromatic N) is 4. The molecule has 0 atom stereocenters. The molecular formula is C42H34IrN4+. The molecule has 230 valence electrons. The zero-order chi connectivity index (χ0) is 31.5. The summed E-state index contributed by atoms with van der Waals surface area (Å²) in [4.78, 5) is 4.41. The van der Waals surface area contributed by atoms with Gasteiger partial charge in [0.25, 0.3) is 0 Å². The number of rotatable bonds is 3. The average Bonchev–Trinajstić information content (AvgIpc) is 3.74. The van der Waals surface area contributed by atoms with Gasteiger partial charge in [-0.2, -0.15) is 18.2 Å². The molecule has 4 nitrogen and oxygen atoms in total. The van der Waals surface area contributed by atoms with E-state index in [1.165, 1.54) is 54.8 Å². The molecule has 9 rings (SSSR count). The number of imidazole rings is 1. The number of benzene rings is 5. The molecule has 0 unspecified atom stereocenters. The zero-order valence-corrected chi connectivity index (χ0v) is 29.5. The van der Waals surface area contributed by atoms with Crippen molar-refractivity contribution >= 4 is 49.1 Å². The molecule has 0 bridgehead atoms. The van der Waals surface area contributed by atoms with Crippen molar-refractivity contribution in [1.82, 2.24) is 14.0 Å². The van der Waals surface area contributed by atoms with Gasteiger partial charge in [0.2, 0.25) is 6.33 Å². The Kier molecular flexibility index (Phi) is 7.91. The van der Waals surface area contributed by atoms with Gasteiger partial charge in [0, 0.05) is 22.5 Å². The van der Waals surface area contributed by atoms with E-state index in [-0.39, 0.29) is 20.1 Å². The van der Waals surface area contributed by atoms with Crippen LogP contribution in [0.4, 0.5) is 0 Å². The summed E-state index contributed by atoms with van der Waals surface area (Å²) in [6.07, 6.45) is 5.48. The van der Waals surface area contributed by atoms with Crippen LogP contribution in [0.3, 0.4) is 0 Å². The maximum absolute atomic E-state index is 4.41. The topological polar surface area (TPSA) is 26.1 Å². The summed E-state index contributed by atoms with van der Waals surface area (Å²) in [7, 11) is 0. The van der Waals surface area contributed by atoms with Crippen LogP contribution >= 0.6 is 0 Å². The minimum Gasteiger partial charge on any atom is -0.342 e. The van der Waals surface area contributed by atoms with Gasteiger partial charge in [-0.15, -0.1) is 40.8 Å². The Morgan fingerprint density at radius 3 is 2.19 bits per heavy atom.